The monoisotopic (exact) mass is 275 g/mol. The molecule has 1 amide bonds. The Hall–Kier alpha value is -2.01. The second-order valence-corrected chi connectivity index (χ2v) is 4.92. The van der Waals surface area contributed by atoms with E-state index in [1.54, 1.807) is 5.41 Å². The zero-order valence-corrected chi connectivity index (χ0v) is 11.2. The third kappa shape index (κ3) is 3.06. The molecule has 2 rings (SSSR count). The zero-order valence-electron chi connectivity index (χ0n) is 10.3. The van der Waals surface area contributed by atoms with Crippen LogP contribution in [0.1, 0.15) is 12.5 Å². The molecule has 0 spiro atoms. The third-order valence-corrected chi connectivity index (χ3v) is 3.52. The molecule has 4 nitrogen and oxygen atoms in total. The Bertz CT molecular complexity index is 576. The minimum Gasteiger partial charge on any atom is -0.505 e. The normalized spacial score (nSPS) is 16.9. The van der Waals surface area contributed by atoms with Crippen molar-refractivity contribution in [1.82, 2.24) is 5.32 Å². The molecule has 5 heteroatoms. The van der Waals surface area contributed by atoms with E-state index < -0.39 is 11.7 Å². The second kappa shape index (κ2) is 5.75. The van der Waals surface area contributed by atoms with Gasteiger partial charge in [0.1, 0.15) is 5.57 Å². The smallest absolute Gasteiger partial charge is 0.263 e. The number of carbonyl (C=O) groups excluding carboxylic acids is 2. The van der Waals surface area contributed by atoms with E-state index in [1.165, 1.54) is 18.7 Å². The van der Waals surface area contributed by atoms with E-state index in [1.807, 2.05) is 30.3 Å². The third-order valence-electron chi connectivity index (χ3n) is 2.61. The minimum absolute atomic E-state index is 0.174. The zero-order chi connectivity index (χ0) is 13.8. The van der Waals surface area contributed by atoms with Gasteiger partial charge in [0.15, 0.2) is 11.5 Å². The molecule has 2 N–H and O–H groups in total. The van der Waals surface area contributed by atoms with Crippen LogP contribution in [0.3, 0.4) is 0 Å². The standard InChI is InChI=1S/C14H13NO3S/c1-9(16)12-13(17)11(15-14(12)18)8-19-7-10-5-3-2-4-6-10/h2-6,8,17H,7H2,1H3,(H,15,18). The van der Waals surface area contributed by atoms with Gasteiger partial charge in [-0.3, -0.25) is 9.59 Å². The van der Waals surface area contributed by atoms with E-state index >= 15 is 0 Å². The van der Waals surface area contributed by atoms with Gasteiger partial charge in [-0.05, 0) is 17.9 Å². The van der Waals surface area contributed by atoms with Crippen LogP contribution in [0, 0.1) is 0 Å². The molecule has 0 fully saturated rings. The van der Waals surface area contributed by atoms with Gasteiger partial charge in [0.05, 0.1) is 5.70 Å². The summed E-state index contributed by atoms with van der Waals surface area (Å²) in [6.07, 6.45) is 0. The van der Waals surface area contributed by atoms with Gasteiger partial charge in [-0.25, -0.2) is 0 Å². The molecule has 0 radical (unpaired) electrons. The largest absolute Gasteiger partial charge is 0.505 e. The van der Waals surface area contributed by atoms with Gasteiger partial charge in [0.2, 0.25) is 0 Å². The van der Waals surface area contributed by atoms with E-state index in [0.29, 0.717) is 0 Å². The maximum atomic E-state index is 11.5. The molecule has 0 atom stereocenters. The molecule has 98 valence electrons. The van der Waals surface area contributed by atoms with Crippen molar-refractivity contribution >= 4 is 23.5 Å². The van der Waals surface area contributed by atoms with Crippen LogP contribution in [-0.4, -0.2) is 16.8 Å². The first-order chi connectivity index (χ1) is 9.09. The van der Waals surface area contributed by atoms with Crippen molar-refractivity contribution in [3.8, 4) is 0 Å². The van der Waals surface area contributed by atoms with E-state index in [2.05, 4.69) is 5.32 Å². The number of amides is 1. The fourth-order valence-electron chi connectivity index (χ4n) is 1.69. The van der Waals surface area contributed by atoms with Crippen molar-refractivity contribution in [2.75, 3.05) is 0 Å². The molecule has 1 heterocycles. The fourth-order valence-corrected chi connectivity index (χ4v) is 2.50. The molecule has 0 bridgehead atoms. The minimum atomic E-state index is -0.545. The number of hydrogen-bond donors (Lipinski definition) is 2. The molecular weight excluding hydrogens is 262 g/mol. The van der Waals surface area contributed by atoms with Crippen molar-refractivity contribution < 1.29 is 14.7 Å². The highest BCUT2D eigenvalue weighted by Crippen LogP contribution is 2.23. The van der Waals surface area contributed by atoms with E-state index in [9.17, 15) is 14.7 Å². The number of thioether (sulfide) groups is 1. The summed E-state index contributed by atoms with van der Waals surface area (Å²) in [5.74, 6) is -0.524. The van der Waals surface area contributed by atoms with Crippen LogP contribution in [0.15, 0.2) is 52.8 Å². The number of benzene rings is 1. The Balaban J connectivity index is 2.06. The molecule has 0 aromatic heterocycles. The maximum absolute atomic E-state index is 11.5. The van der Waals surface area contributed by atoms with Crippen LogP contribution >= 0.6 is 11.8 Å². The Kier molecular flexibility index (Phi) is 4.06. The molecule has 19 heavy (non-hydrogen) atoms. The summed E-state index contributed by atoms with van der Waals surface area (Å²) in [6.45, 7) is 1.26. The number of nitrogens with one attached hydrogen (secondary N) is 1. The first-order valence-corrected chi connectivity index (χ1v) is 6.76. The van der Waals surface area contributed by atoms with Gasteiger partial charge < -0.3 is 10.4 Å². The number of aliphatic hydroxyl groups is 1. The lowest BCUT2D eigenvalue weighted by Crippen LogP contribution is -2.18. The molecule has 1 aromatic rings. The average molecular weight is 275 g/mol. The summed E-state index contributed by atoms with van der Waals surface area (Å²) in [6, 6.07) is 9.83. The maximum Gasteiger partial charge on any atom is 0.263 e. The van der Waals surface area contributed by atoms with Crippen LogP contribution in [0.5, 0.6) is 0 Å². The highest BCUT2D eigenvalue weighted by Gasteiger charge is 2.29. The van der Waals surface area contributed by atoms with Crippen molar-refractivity contribution in [2.24, 2.45) is 0 Å². The van der Waals surface area contributed by atoms with Gasteiger partial charge in [0, 0.05) is 5.75 Å². The summed E-state index contributed by atoms with van der Waals surface area (Å²) in [4.78, 5) is 22.7. The molecule has 0 unspecified atom stereocenters. The summed E-state index contributed by atoms with van der Waals surface area (Å²) >= 11 is 1.44. The summed E-state index contributed by atoms with van der Waals surface area (Å²) in [7, 11) is 0. The number of carbonyl (C=O) groups is 2. The molecule has 0 saturated carbocycles. The fraction of sp³-hybridized carbons (Fsp3) is 0.143. The van der Waals surface area contributed by atoms with E-state index in [-0.39, 0.29) is 17.0 Å². The molecule has 0 saturated heterocycles. The highest BCUT2D eigenvalue weighted by atomic mass is 32.2. The quantitative estimate of drug-likeness (QED) is 0.827. The van der Waals surface area contributed by atoms with Gasteiger partial charge in [-0.1, -0.05) is 30.3 Å². The van der Waals surface area contributed by atoms with Crippen molar-refractivity contribution in [3.63, 3.8) is 0 Å². The molecule has 1 aromatic carbocycles. The van der Waals surface area contributed by atoms with Crippen LogP contribution in [0.2, 0.25) is 0 Å². The summed E-state index contributed by atoms with van der Waals surface area (Å²) < 4.78 is 0. The number of hydrogen-bond acceptors (Lipinski definition) is 4. The Morgan fingerprint density at radius 3 is 2.63 bits per heavy atom. The molecule has 0 aliphatic carbocycles. The van der Waals surface area contributed by atoms with Crippen LogP contribution in [0.4, 0.5) is 0 Å². The lowest BCUT2D eigenvalue weighted by atomic mass is 10.2. The van der Waals surface area contributed by atoms with Gasteiger partial charge in [0.25, 0.3) is 5.91 Å². The number of ketones is 1. The topological polar surface area (TPSA) is 66.4 Å². The van der Waals surface area contributed by atoms with E-state index in [0.717, 1.165) is 11.3 Å². The average Bonchev–Trinajstić information content (AvgIpc) is 2.66. The van der Waals surface area contributed by atoms with Gasteiger partial charge in [-0.15, -0.1) is 11.8 Å². The Morgan fingerprint density at radius 2 is 2.05 bits per heavy atom. The van der Waals surface area contributed by atoms with Gasteiger partial charge >= 0.3 is 0 Å². The first kappa shape index (κ1) is 13.4. The predicted molar refractivity (Wildman–Crippen MR) is 74.3 cm³/mol. The number of Topliss-reactive ketones (excluding diaryl/α,β-unsaturated/α-hetero) is 1. The van der Waals surface area contributed by atoms with Crippen molar-refractivity contribution in [1.29, 1.82) is 0 Å². The summed E-state index contributed by atoms with van der Waals surface area (Å²) in [5, 5.41) is 13.9. The lowest BCUT2D eigenvalue weighted by Gasteiger charge is -2.00. The second-order valence-electron chi connectivity index (χ2n) is 4.06. The van der Waals surface area contributed by atoms with Crippen molar-refractivity contribution in [3.05, 3.63) is 58.3 Å². The Labute approximate surface area is 115 Å². The van der Waals surface area contributed by atoms with Gasteiger partial charge in [-0.2, -0.15) is 0 Å². The van der Waals surface area contributed by atoms with Crippen LogP contribution < -0.4 is 5.32 Å². The van der Waals surface area contributed by atoms with E-state index in [4.69, 9.17) is 0 Å². The molecule has 1 aliphatic rings. The first-order valence-electron chi connectivity index (χ1n) is 5.71. The lowest BCUT2D eigenvalue weighted by molar-refractivity contribution is -0.120. The number of rotatable bonds is 4. The summed E-state index contributed by atoms with van der Waals surface area (Å²) in [5.41, 5.74) is 1.26. The molecular formula is C14H13NO3S. The van der Waals surface area contributed by atoms with Crippen LogP contribution in [-0.2, 0) is 15.3 Å². The molecule has 1 aliphatic heterocycles. The van der Waals surface area contributed by atoms with Crippen molar-refractivity contribution in [2.45, 2.75) is 12.7 Å². The number of aliphatic hydroxyl groups excluding tert-OH is 1. The predicted octanol–water partition coefficient (Wildman–Crippen LogP) is 2.29. The van der Waals surface area contributed by atoms with Crippen LogP contribution in [0.25, 0.3) is 0 Å². The Morgan fingerprint density at radius 1 is 1.37 bits per heavy atom. The SMILES string of the molecule is CC(=O)C1=C(O)C(=CSCc2ccccc2)NC1=O. The highest BCUT2D eigenvalue weighted by molar-refractivity contribution is 8.01.